The second-order valence-electron chi connectivity index (χ2n) is 12.2. The zero-order valence-corrected chi connectivity index (χ0v) is 31.5. The third kappa shape index (κ3) is 10.9. The van der Waals surface area contributed by atoms with Gasteiger partial charge in [0.05, 0.1) is 16.2 Å². The minimum Gasteiger partial charge on any atom is -0.488 e. The summed E-state index contributed by atoms with van der Waals surface area (Å²) < 4.78 is 37.1. The van der Waals surface area contributed by atoms with Crippen molar-refractivity contribution in [3.8, 4) is 28.4 Å². The second-order valence-corrected chi connectivity index (χ2v) is 14.6. The number of ether oxygens (including phenoxy) is 2. The number of nitrogens with zero attached hydrogens (tertiary/aromatic N) is 1. The summed E-state index contributed by atoms with van der Waals surface area (Å²) in [7, 11) is -3.75. The van der Waals surface area contributed by atoms with Gasteiger partial charge in [-0.05, 0) is 97.8 Å². The van der Waals surface area contributed by atoms with Crippen LogP contribution in [0.1, 0.15) is 46.9 Å². The van der Waals surface area contributed by atoms with E-state index >= 15 is 0 Å². The third-order valence-electron chi connectivity index (χ3n) is 8.14. The summed E-state index contributed by atoms with van der Waals surface area (Å²) in [4.78, 5) is 23.3. The van der Waals surface area contributed by atoms with Gasteiger partial charge < -0.3 is 18.8 Å². The number of primary sulfonamides is 1. The van der Waals surface area contributed by atoms with Gasteiger partial charge in [0.15, 0.2) is 5.78 Å². The molecule has 11 heteroatoms. The molecule has 8 nitrogen and oxygen atoms in total. The monoisotopic (exact) mass is 768 g/mol. The number of aryl methyl sites for hydroxylation is 1. The lowest BCUT2D eigenvalue weighted by Gasteiger charge is -2.16. The molecule has 0 aliphatic heterocycles. The summed E-state index contributed by atoms with van der Waals surface area (Å²) in [5.41, 5.74) is 6.00. The van der Waals surface area contributed by atoms with E-state index in [9.17, 15) is 18.0 Å². The van der Waals surface area contributed by atoms with E-state index in [4.69, 9.17) is 37.8 Å². The smallest absolute Gasteiger partial charge is 0.238 e. The van der Waals surface area contributed by atoms with E-state index in [-0.39, 0.29) is 29.3 Å². The van der Waals surface area contributed by atoms with E-state index in [1.54, 1.807) is 36.4 Å². The van der Waals surface area contributed by atoms with Crippen LogP contribution in [0.25, 0.3) is 16.9 Å². The lowest BCUT2D eigenvalue weighted by atomic mass is 10.0. The molecular formula is C42H38Cl2N2O6S. The molecule has 1 heterocycles. The molecule has 2 N–H and O–H groups in total. The fourth-order valence-corrected chi connectivity index (χ4v) is 6.31. The number of hydrogen-bond acceptors (Lipinski definition) is 6. The Morgan fingerprint density at radius 1 is 0.679 bits per heavy atom. The van der Waals surface area contributed by atoms with Crippen LogP contribution in [0.5, 0.6) is 11.5 Å². The van der Waals surface area contributed by atoms with Gasteiger partial charge in [-0.1, -0.05) is 83.9 Å². The number of halogens is 2. The first-order valence-electron chi connectivity index (χ1n) is 16.7. The van der Waals surface area contributed by atoms with Crippen LogP contribution in [0.15, 0.2) is 138 Å². The number of ketones is 2. The van der Waals surface area contributed by atoms with Crippen molar-refractivity contribution in [3.05, 3.63) is 166 Å². The van der Waals surface area contributed by atoms with Crippen LogP contribution in [0.3, 0.4) is 0 Å². The maximum absolute atomic E-state index is 12.2. The fourth-order valence-electron chi connectivity index (χ4n) is 5.45. The number of hydrogen-bond donors (Lipinski definition) is 1. The number of nitrogens with two attached hydrogens (primary N) is 1. The number of rotatable bonds is 13. The molecule has 53 heavy (non-hydrogen) atoms. The molecule has 0 bridgehead atoms. The van der Waals surface area contributed by atoms with Crippen LogP contribution in [0.4, 0.5) is 0 Å². The molecule has 0 spiro atoms. The van der Waals surface area contributed by atoms with Crippen LogP contribution in [-0.4, -0.2) is 24.6 Å². The van der Waals surface area contributed by atoms with Crippen LogP contribution in [0.2, 0.25) is 10.0 Å². The average Bonchev–Trinajstić information content (AvgIpc) is 3.54. The Bertz CT molecular complexity index is 2290. The summed E-state index contributed by atoms with van der Waals surface area (Å²) in [6.45, 7) is 4.25. The van der Waals surface area contributed by atoms with Crippen molar-refractivity contribution >= 4 is 44.8 Å². The quantitative estimate of drug-likeness (QED) is 0.117. The van der Waals surface area contributed by atoms with Crippen LogP contribution in [0, 0.1) is 6.92 Å². The SMILES string of the molecule is CC(=O)CCC(=O)c1cc(Cl)ccc1OCc1ccccc1.Cc1ccc(-c2cc(Cl)ccc2OCc2ccccc2)n1-c1ccc(S(N)(=O)=O)cc1. The highest BCUT2D eigenvalue weighted by atomic mass is 35.5. The molecule has 6 rings (SSSR count). The van der Waals surface area contributed by atoms with E-state index in [1.165, 1.54) is 19.1 Å². The molecule has 0 unspecified atom stereocenters. The molecular weight excluding hydrogens is 731 g/mol. The first-order chi connectivity index (χ1) is 25.4. The summed E-state index contributed by atoms with van der Waals surface area (Å²) >= 11 is 12.3. The predicted octanol–water partition coefficient (Wildman–Crippen LogP) is 9.80. The van der Waals surface area contributed by atoms with Crippen molar-refractivity contribution in [1.82, 2.24) is 4.57 Å². The molecule has 0 radical (unpaired) electrons. The van der Waals surface area contributed by atoms with Crippen molar-refractivity contribution in [1.29, 1.82) is 0 Å². The largest absolute Gasteiger partial charge is 0.488 e. The molecule has 272 valence electrons. The van der Waals surface area contributed by atoms with Gasteiger partial charge in [-0.25, -0.2) is 13.6 Å². The second kappa shape index (κ2) is 18.0. The predicted molar refractivity (Wildman–Crippen MR) is 210 cm³/mol. The first kappa shape index (κ1) is 39.0. The van der Waals surface area contributed by atoms with E-state index in [0.717, 1.165) is 33.8 Å². The Labute approximate surface area is 319 Å². The highest BCUT2D eigenvalue weighted by Crippen LogP contribution is 2.36. The minimum atomic E-state index is -3.75. The summed E-state index contributed by atoms with van der Waals surface area (Å²) in [5, 5.41) is 6.29. The molecule has 0 saturated heterocycles. The molecule has 0 aliphatic rings. The van der Waals surface area contributed by atoms with Gasteiger partial charge in [-0.2, -0.15) is 0 Å². The molecule has 0 fully saturated rings. The number of carbonyl (C=O) groups excluding carboxylic acids is 2. The Kier molecular flexibility index (Phi) is 13.3. The Balaban J connectivity index is 0.000000217. The highest BCUT2D eigenvalue weighted by Gasteiger charge is 2.17. The van der Waals surface area contributed by atoms with Gasteiger partial charge in [0.25, 0.3) is 0 Å². The third-order valence-corrected chi connectivity index (χ3v) is 9.54. The summed E-state index contributed by atoms with van der Waals surface area (Å²) in [5.74, 6) is 1.04. The van der Waals surface area contributed by atoms with Crippen LogP contribution in [-0.2, 0) is 28.0 Å². The van der Waals surface area contributed by atoms with Crippen LogP contribution >= 0.6 is 23.2 Å². The van der Waals surface area contributed by atoms with Crippen molar-refractivity contribution in [2.45, 2.75) is 44.8 Å². The summed E-state index contributed by atoms with van der Waals surface area (Å²) in [6.07, 6.45) is 0.390. The van der Waals surface area contributed by atoms with Gasteiger partial charge in [-0.3, -0.25) is 4.79 Å². The van der Waals surface area contributed by atoms with Gasteiger partial charge in [-0.15, -0.1) is 0 Å². The molecule has 6 aromatic rings. The minimum absolute atomic E-state index is 0.0119. The maximum atomic E-state index is 12.2. The molecule has 1 aromatic heterocycles. The van der Waals surface area contributed by atoms with Gasteiger partial charge >= 0.3 is 0 Å². The van der Waals surface area contributed by atoms with E-state index < -0.39 is 10.0 Å². The first-order valence-corrected chi connectivity index (χ1v) is 19.0. The van der Waals surface area contributed by atoms with Crippen molar-refractivity contribution in [3.63, 3.8) is 0 Å². The van der Waals surface area contributed by atoms with Crippen LogP contribution < -0.4 is 14.6 Å². The zero-order chi connectivity index (χ0) is 38.0. The maximum Gasteiger partial charge on any atom is 0.238 e. The lowest BCUT2D eigenvalue weighted by molar-refractivity contribution is -0.117. The molecule has 0 amide bonds. The molecule has 5 aromatic carbocycles. The number of sulfonamides is 1. The standard InChI is InChI=1S/C24H21ClN2O3S.C18H17ClO3/c1-17-7-13-23(27(17)20-9-11-21(12-10-20)31(26,28)29)22-15-19(25)8-14-24(22)30-16-18-5-3-2-4-6-18;1-13(20)7-9-17(21)16-11-15(19)8-10-18(16)22-12-14-5-3-2-4-6-14/h2-15H,16H2,1H3,(H2,26,28,29);2-6,8,10-11H,7,9,12H2,1H3. The number of benzene rings is 5. The highest BCUT2D eigenvalue weighted by molar-refractivity contribution is 7.89. The van der Waals surface area contributed by atoms with Crippen molar-refractivity contribution in [2.24, 2.45) is 5.14 Å². The molecule has 0 aliphatic carbocycles. The number of Topliss-reactive ketones (excluding diaryl/α,β-unsaturated/α-hetero) is 2. The Morgan fingerprint density at radius 3 is 1.79 bits per heavy atom. The fraction of sp³-hybridized carbons (Fsp3) is 0.143. The number of aromatic nitrogens is 1. The van der Waals surface area contributed by atoms with E-state index in [2.05, 4.69) is 0 Å². The van der Waals surface area contributed by atoms with Crippen molar-refractivity contribution in [2.75, 3.05) is 0 Å². The molecule has 0 atom stereocenters. The average molecular weight is 770 g/mol. The van der Waals surface area contributed by atoms with Gasteiger partial charge in [0.1, 0.15) is 30.5 Å². The molecule has 0 saturated carbocycles. The topological polar surface area (TPSA) is 118 Å². The lowest BCUT2D eigenvalue weighted by Crippen LogP contribution is -2.12. The van der Waals surface area contributed by atoms with Gasteiger partial charge in [0.2, 0.25) is 10.0 Å². The zero-order valence-electron chi connectivity index (χ0n) is 29.2. The van der Waals surface area contributed by atoms with E-state index in [0.29, 0.717) is 40.3 Å². The summed E-state index contributed by atoms with van der Waals surface area (Å²) in [6, 6.07) is 40.5. The van der Waals surface area contributed by atoms with Gasteiger partial charge in [0, 0.05) is 39.8 Å². The number of carbonyl (C=O) groups is 2. The normalized spacial score (nSPS) is 11.0. The van der Waals surface area contributed by atoms with Crippen molar-refractivity contribution < 1.29 is 27.5 Å². The van der Waals surface area contributed by atoms with E-state index in [1.807, 2.05) is 96.4 Å². The Morgan fingerprint density at radius 2 is 1.23 bits per heavy atom. The Hall–Kier alpha value is -5.19.